The van der Waals surface area contributed by atoms with Crippen molar-refractivity contribution in [2.24, 2.45) is 10.8 Å². The van der Waals surface area contributed by atoms with Crippen LogP contribution < -0.4 is 21.4 Å². The van der Waals surface area contributed by atoms with Gasteiger partial charge in [-0.3, -0.25) is 5.43 Å². The molecule has 0 fully saturated rings. The number of hydrogen-bond donors (Lipinski definition) is 4. The van der Waals surface area contributed by atoms with Gasteiger partial charge < -0.3 is 20.5 Å². The number of rotatable bonds is 4. The number of thiocarbonyl (C=S) groups is 1. The Labute approximate surface area is 104 Å². The van der Waals surface area contributed by atoms with E-state index in [9.17, 15) is 0 Å². The topological polar surface area (TPSA) is 100 Å². The number of nitrogens with zero attached hydrogens (tertiary/aromatic N) is 1. The number of hydrogen-bond acceptors (Lipinski definition) is 5. The number of methoxy groups -OCH3 is 1. The Morgan fingerprint density at radius 1 is 1.59 bits per heavy atom. The van der Waals surface area contributed by atoms with Gasteiger partial charge in [0.1, 0.15) is 5.75 Å². The van der Waals surface area contributed by atoms with Crippen LogP contribution >= 0.6 is 12.2 Å². The lowest BCUT2D eigenvalue weighted by Crippen LogP contribution is -2.31. The molecule has 0 saturated carbocycles. The standard InChI is InChI=1S/C9H12BN3O3S/c1-16-8-3-2-6(4-7(8)10(14)15)5-12-13-9(11)17/h2-5,14-15H,1H3,(H3,11,13,17). The summed E-state index contributed by atoms with van der Waals surface area (Å²) in [4.78, 5) is 0. The summed E-state index contributed by atoms with van der Waals surface area (Å²) in [6, 6.07) is 4.85. The highest BCUT2D eigenvalue weighted by atomic mass is 32.1. The van der Waals surface area contributed by atoms with E-state index in [1.165, 1.54) is 19.4 Å². The fraction of sp³-hybridized carbons (Fsp3) is 0.111. The average molecular weight is 253 g/mol. The molecular weight excluding hydrogens is 241 g/mol. The molecule has 0 aliphatic rings. The van der Waals surface area contributed by atoms with Crippen LogP contribution in [0.1, 0.15) is 5.56 Å². The third-order valence-corrected chi connectivity index (χ3v) is 2.01. The SMILES string of the molecule is COc1ccc(C=NNC(N)=S)cc1B(O)O. The second-order valence-corrected chi connectivity index (χ2v) is 3.55. The van der Waals surface area contributed by atoms with Crippen molar-refractivity contribution >= 4 is 36.1 Å². The van der Waals surface area contributed by atoms with E-state index in [4.69, 9.17) is 20.5 Å². The lowest BCUT2D eigenvalue weighted by atomic mass is 9.79. The van der Waals surface area contributed by atoms with Gasteiger partial charge in [-0.1, -0.05) is 0 Å². The Morgan fingerprint density at radius 2 is 2.29 bits per heavy atom. The molecule has 0 radical (unpaired) electrons. The molecule has 1 aromatic carbocycles. The Morgan fingerprint density at radius 3 is 2.82 bits per heavy atom. The zero-order chi connectivity index (χ0) is 12.8. The summed E-state index contributed by atoms with van der Waals surface area (Å²) in [5, 5.41) is 22.1. The van der Waals surface area contributed by atoms with E-state index in [2.05, 4.69) is 22.7 Å². The van der Waals surface area contributed by atoms with Gasteiger partial charge in [0.15, 0.2) is 5.11 Å². The van der Waals surface area contributed by atoms with Gasteiger partial charge in [0.2, 0.25) is 0 Å². The van der Waals surface area contributed by atoms with Gasteiger partial charge in [-0.2, -0.15) is 5.10 Å². The number of nitrogens with two attached hydrogens (primary N) is 1. The molecule has 0 aliphatic carbocycles. The van der Waals surface area contributed by atoms with Crippen LogP contribution in [-0.2, 0) is 0 Å². The molecule has 0 heterocycles. The molecular formula is C9H12BN3O3S. The molecule has 5 N–H and O–H groups in total. The lowest BCUT2D eigenvalue weighted by molar-refractivity contribution is 0.403. The molecule has 0 saturated heterocycles. The summed E-state index contributed by atoms with van der Waals surface area (Å²) >= 11 is 4.57. The van der Waals surface area contributed by atoms with Gasteiger partial charge in [0.05, 0.1) is 13.3 Å². The first kappa shape index (κ1) is 13.4. The molecule has 0 unspecified atom stereocenters. The molecule has 1 aromatic rings. The largest absolute Gasteiger partial charge is 0.497 e. The molecule has 0 aromatic heterocycles. The molecule has 0 spiro atoms. The Kier molecular flexibility index (Phi) is 4.89. The van der Waals surface area contributed by atoms with Crippen LogP contribution in [0.25, 0.3) is 0 Å². The van der Waals surface area contributed by atoms with Crippen LogP contribution in [0.15, 0.2) is 23.3 Å². The molecule has 6 nitrogen and oxygen atoms in total. The van der Waals surface area contributed by atoms with Gasteiger partial charge in [-0.05, 0) is 36.0 Å². The number of nitrogens with one attached hydrogen (secondary N) is 1. The van der Waals surface area contributed by atoms with E-state index in [-0.39, 0.29) is 10.6 Å². The van der Waals surface area contributed by atoms with E-state index >= 15 is 0 Å². The van der Waals surface area contributed by atoms with Crippen LogP contribution in [0, 0.1) is 0 Å². The number of hydrazone groups is 1. The number of ether oxygens (including phenoxy) is 1. The third-order valence-electron chi connectivity index (χ3n) is 1.92. The predicted molar refractivity (Wildman–Crippen MR) is 70.3 cm³/mol. The second-order valence-electron chi connectivity index (χ2n) is 3.11. The minimum Gasteiger partial charge on any atom is -0.497 e. The minimum absolute atomic E-state index is 0.0529. The molecule has 90 valence electrons. The first-order valence-corrected chi connectivity index (χ1v) is 5.08. The van der Waals surface area contributed by atoms with E-state index < -0.39 is 7.12 Å². The van der Waals surface area contributed by atoms with Crippen molar-refractivity contribution in [2.75, 3.05) is 7.11 Å². The molecule has 0 bridgehead atoms. The predicted octanol–water partition coefficient (Wildman–Crippen LogP) is -1.46. The second kappa shape index (κ2) is 6.19. The van der Waals surface area contributed by atoms with E-state index in [1.54, 1.807) is 12.1 Å². The van der Waals surface area contributed by atoms with Crippen LogP contribution in [0.2, 0.25) is 0 Å². The first-order valence-electron chi connectivity index (χ1n) is 4.67. The van der Waals surface area contributed by atoms with E-state index in [1.807, 2.05) is 0 Å². The molecule has 0 atom stereocenters. The monoisotopic (exact) mass is 253 g/mol. The van der Waals surface area contributed by atoms with Gasteiger partial charge in [-0.25, -0.2) is 0 Å². The molecule has 0 amide bonds. The summed E-state index contributed by atoms with van der Waals surface area (Å²) in [6.45, 7) is 0. The fourth-order valence-electron chi connectivity index (χ4n) is 1.21. The maximum absolute atomic E-state index is 9.15. The molecule has 8 heteroatoms. The van der Waals surface area contributed by atoms with Crippen molar-refractivity contribution in [3.8, 4) is 5.75 Å². The molecule has 0 aliphatic heterocycles. The molecule has 17 heavy (non-hydrogen) atoms. The van der Waals surface area contributed by atoms with Crippen molar-refractivity contribution in [1.82, 2.24) is 5.43 Å². The van der Waals surface area contributed by atoms with Gasteiger partial charge >= 0.3 is 7.12 Å². The van der Waals surface area contributed by atoms with Gasteiger partial charge in [0, 0.05) is 5.46 Å². The minimum atomic E-state index is -1.61. The highest BCUT2D eigenvalue weighted by Gasteiger charge is 2.16. The third kappa shape index (κ3) is 4.02. The highest BCUT2D eigenvalue weighted by molar-refractivity contribution is 7.80. The van der Waals surface area contributed by atoms with Crippen LogP contribution in [0.5, 0.6) is 5.75 Å². The van der Waals surface area contributed by atoms with Crippen molar-refractivity contribution < 1.29 is 14.8 Å². The van der Waals surface area contributed by atoms with Crippen molar-refractivity contribution in [2.45, 2.75) is 0 Å². The summed E-state index contributed by atoms with van der Waals surface area (Å²) in [5.41, 5.74) is 8.49. The maximum Gasteiger partial charge on any atom is 0.492 e. The number of benzene rings is 1. The van der Waals surface area contributed by atoms with Crippen LogP contribution in [-0.4, -0.2) is 35.6 Å². The van der Waals surface area contributed by atoms with Crippen molar-refractivity contribution in [3.63, 3.8) is 0 Å². The quantitative estimate of drug-likeness (QED) is 0.226. The van der Waals surface area contributed by atoms with Gasteiger partial charge in [-0.15, -0.1) is 0 Å². The Balaban J connectivity index is 2.92. The van der Waals surface area contributed by atoms with Crippen LogP contribution in [0.3, 0.4) is 0 Å². The zero-order valence-corrected chi connectivity index (χ0v) is 9.94. The van der Waals surface area contributed by atoms with Gasteiger partial charge in [0.25, 0.3) is 0 Å². The summed E-state index contributed by atoms with van der Waals surface area (Å²) in [7, 11) is -0.162. The zero-order valence-electron chi connectivity index (χ0n) is 9.12. The van der Waals surface area contributed by atoms with Crippen molar-refractivity contribution in [3.05, 3.63) is 23.8 Å². The first-order chi connectivity index (χ1) is 8.04. The highest BCUT2D eigenvalue weighted by Crippen LogP contribution is 2.08. The smallest absolute Gasteiger partial charge is 0.492 e. The van der Waals surface area contributed by atoms with E-state index in [0.29, 0.717) is 11.3 Å². The molecule has 1 rings (SSSR count). The average Bonchev–Trinajstić information content (AvgIpc) is 2.28. The summed E-state index contributed by atoms with van der Waals surface area (Å²) < 4.78 is 4.98. The fourth-order valence-corrected chi connectivity index (χ4v) is 1.26. The lowest BCUT2D eigenvalue weighted by Gasteiger charge is -2.08. The van der Waals surface area contributed by atoms with E-state index in [0.717, 1.165) is 0 Å². The summed E-state index contributed by atoms with van der Waals surface area (Å²) in [6.07, 6.45) is 1.45. The van der Waals surface area contributed by atoms with Crippen molar-refractivity contribution in [1.29, 1.82) is 0 Å². The van der Waals surface area contributed by atoms with Crippen LogP contribution in [0.4, 0.5) is 0 Å². The Bertz CT molecular complexity index is 439. The maximum atomic E-state index is 9.15. The Hall–Kier alpha value is -1.64. The normalized spacial score (nSPS) is 10.3. The summed E-state index contributed by atoms with van der Waals surface area (Å²) in [5.74, 6) is 0.388.